The van der Waals surface area contributed by atoms with E-state index >= 15 is 0 Å². The standard InChI is InChI=1S/C9H19BrO2/c1-4-5-6-7-9(8-10,11-2)12-3/h4-8H2,1-3H3. The molecule has 74 valence electrons. The molecule has 0 N–H and O–H groups in total. The van der Waals surface area contributed by atoms with Gasteiger partial charge in [-0.05, 0) is 6.42 Å². The number of methoxy groups -OCH3 is 2. The largest absolute Gasteiger partial charge is 0.352 e. The maximum Gasteiger partial charge on any atom is 0.177 e. The smallest absolute Gasteiger partial charge is 0.177 e. The van der Waals surface area contributed by atoms with Crippen molar-refractivity contribution in [2.45, 2.75) is 38.4 Å². The molecular weight excluding hydrogens is 220 g/mol. The van der Waals surface area contributed by atoms with Gasteiger partial charge in [-0.15, -0.1) is 0 Å². The molecule has 0 aromatic heterocycles. The van der Waals surface area contributed by atoms with Crippen LogP contribution in [-0.4, -0.2) is 25.3 Å². The number of hydrogen-bond donors (Lipinski definition) is 0. The van der Waals surface area contributed by atoms with Gasteiger partial charge in [0.25, 0.3) is 0 Å². The fraction of sp³-hybridized carbons (Fsp3) is 1.00. The highest BCUT2D eigenvalue weighted by Crippen LogP contribution is 2.22. The molecule has 0 atom stereocenters. The second-order valence-electron chi connectivity index (χ2n) is 2.91. The third-order valence-corrected chi connectivity index (χ3v) is 2.96. The van der Waals surface area contributed by atoms with Crippen molar-refractivity contribution < 1.29 is 9.47 Å². The Morgan fingerprint density at radius 2 is 1.75 bits per heavy atom. The predicted molar refractivity (Wildman–Crippen MR) is 54.7 cm³/mol. The quantitative estimate of drug-likeness (QED) is 0.386. The molecule has 0 aromatic rings. The Morgan fingerprint density at radius 3 is 2.08 bits per heavy atom. The Kier molecular flexibility index (Phi) is 7.10. The topological polar surface area (TPSA) is 18.5 Å². The van der Waals surface area contributed by atoms with Gasteiger partial charge in [0.1, 0.15) is 0 Å². The molecule has 0 aliphatic heterocycles. The lowest BCUT2D eigenvalue weighted by Gasteiger charge is -2.28. The molecule has 0 unspecified atom stereocenters. The van der Waals surface area contributed by atoms with Crippen LogP contribution in [0.1, 0.15) is 32.6 Å². The van der Waals surface area contributed by atoms with E-state index in [0.717, 1.165) is 18.2 Å². The van der Waals surface area contributed by atoms with Gasteiger partial charge in [-0.25, -0.2) is 0 Å². The van der Waals surface area contributed by atoms with E-state index in [9.17, 15) is 0 Å². The van der Waals surface area contributed by atoms with Gasteiger partial charge in [-0.2, -0.15) is 0 Å². The van der Waals surface area contributed by atoms with E-state index in [1.807, 2.05) is 0 Å². The summed E-state index contributed by atoms with van der Waals surface area (Å²) in [6, 6.07) is 0. The van der Waals surface area contributed by atoms with Crippen molar-refractivity contribution in [3.05, 3.63) is 0 Å². The summed E-state index contributed by atoms with van der Waals surface area (Å²) in [7, 11) is 3.38. The van der Waals surface area contributed by atoms with Gasteiger partial charge in [0.15, 0.2) is 5.79 Å². The SMILES string of the molecule is CCCCCC(CBr)(OC)OC. The molecule has 0 heterocycles. The van der Waals surface area contributed by atoms with Gasteiger partial charge < -0.3 is 9.47 Å². The first-order valence-electron chi connectivity index (χ1n) is 4.41. The van der Waals surface area contributed by atoms with Crippen molar-refractivity contribution in [1.29, 1.82) is 0 Å². The summed E-state index contributed by atoms with van der Waals surface area (Å²) in [5.74, 6) is -0.408. The fourth-order valence-corrected chi connectivity index (χ4v) is 1.85. The van der Waals surface area contributed by atoms with Crippen molar-refractivity contribution >= 4 is 15.9 Å². The number of unbranched alkanes of at least 4 members (excludes halogenated alkanes) is 2. The number of halogens is 1. The van der Waals surface area contributed by atoms with E-state index < -0.39 is 5.79 Å². The minimum absolute atomic E-state index is 0.408. The van der Waals surface area contributed by atoms with Gasteiger partial charge in [0, 0.05) is 20.6 Å². The van der Waals surface area contributed by atoms with Crippen LogP contribution in [0.15, 0.2) is 0 Å². The van der Waals surface area contributed by atoms with Crippen LogP contribution in [-0.2, 0) is 9.47 Å². The number of hydrogen-bond acceptors (Lipinski definition) is 2. The van der Waals surface area contributed by atoms with Gasteiger partial charge in [-0.1, -0.05) is 35.7 Å². The van der Waals surface area contributed by atoms with Crippen LogP contribution >= 0.6 is 15.9 Å². The normalized spacial score (nSPS) is 12.0. The third-order valence-electron chi connectivity index (χ3n) is 2.11. The third kappa shape index (κ3) is 3.87. The summed E-state index contributed by atoms with van der Waals surface area (Å²) in [6.07, 6.45) is 4.58. The molecule has 0 fully saturated rings. The number of ether oxygens (including phenoxy) is 2. The predicted octanol–water partition coefficient (Wildman–Crippen LogP) is 2.95. The minimum Gasteiger partial charge on any atom is -0.352 e. The molecular formula is C9H19BrO2. The molecule has 12 heavy (non-hydrogen) atoms. The molecule has 0 radical (unpaired) electrons. The lowest BCUT2D eigenvalue weighted by molar-refractivity contribution is -0.193. The van der Waals surface area contributed by atoms with Gasteiger partial charge in [0.05, 0.1) is 5.33 Å². The van der Waals surface area contributed by atoms with Gasteiger partial charge in [-0.3, -0.25) is 0 Å². The Labute approximate surface area is 83.8 Å². The molecule has 0 spiro atoms. The fourth-order valence-electron chi connectivity index (χ4n) is 1.11. The van der Waals surface area contributed by atoms with Crippen LogP contribution in [0.3, 0.4) is 0 Å². The lowest BCUT2D eigenvalue weighted by atomic mass is 10.1. The molecule has 0 aromatic carbocycles. The highest BCUT2D eigenvalue weighted by atomic mass is 79.9. The summed E-state index contributed by atoms with van der Waals surface area (Å²) >= 11 is 3.40. The molecule has 0 saturated carbocycles. The van der Waals surface area contributed by atoms with Crippen LogP contribution in [0.2, 0.25) is 0 Å². The molecule has 0 aliphatic carbocycles. The number of alkyl halides is 1. The average Bonchev–Trinajstić information content (AvgIpc) is 2.14. The zero-order valence-corrected chi connectivity index (χ0v) is 9.82. The summed E-state index contributed by atoms with van der Waals surface area (Å²) in [4.78, 5) is 0. The molecule has 0 aliphatic rings. The summed E-state index contributed by atoms with van der Waals surface area (Å²) in [6.45, 7) is 2.19. The van der Waals surface area contributed by atoms with Crippen LogP contribution in [0.5, 0.6) is 0 Å². The van der Waals surface area contributed by atoms with E-state index in [1.54, 1.807) is 14.2 Å². The second kappa shape index (κ2) is 6.87. The van der Waals surface area contributed by atoms with Gasteiger partial charge >= 0.3 is 0 Å². The lowest BCUT2D eigenvalue weighted by Crippen LogP contribution is -2.35. The maximum atomic E-state index is 5.31. The van der Waals surface area contributed by atoms with Crippen molar-refractivity contribution in [2.24, 2.45) is 0 Å². The second-order valence-corrected chi connectivity index (χ2v) is 3.47. The van der Waals surface area contributed by atoms with Crippen molar-refractivity contribution in [3.63, 3.8) is 0 Å². The van der Waals surface area contributed by atoms with E-state index in [0.29, 0.717) is 0 Å². The molecule has 0 rings (SSSR count). The van der Waals surface area contributed by atoms with E-state index in [2.05, 4.69) is 22.9 Å². The van der Waals surface area contributed by atoms with E-state index in [1.165, 1.54) is 12.8 Å². The first-order chi connectivity index (χ1) is 5.74. The summed E-state index contributed by atoms with van der Waals surface area (Å²) < 4.78 is 10.6. The van der Waals surface area contributed by atoms with Crippen LogP contribution in [0.25, 0.3) is 0 Å². The molecule has 3 heteroatoms. The molecule has 0 bridgehead atoms. The highest BCUT2D eigenvalue weighted by molar-refractivity contribution is 9.09. The van der Waals surface area contributed by atoms with Crippen LogP contribution < -0.4 is 0 Å². The Hall–Kier alpha value is 0.400. The Bertz CT molecular complexity index is 94.4. The van der Waals surface area contributed by atoms with Gasteiger partial charge in [0.2, 0.25) is 0 Å². The zero-order valence-electron chi connectivity index (χ0n) is 8.23. The summed E-state index contributed by atoms with van der Waals surface area (Å²) in [5.41, 5.74) is 0. The summed E-state index contributed by atoms with van der Waals surface area (Å²) in [5, 5.41) is 0.733. The Morgan fingerprint density at radius 1 is 1.17 bits per heavy atom. The van der Waals surface area contributed by atoms with E-state index in [4.69, 9.17) is 9.47 Å². The van der Waals surface area contributed by atoms with E-state index in [-0.39, 0.29) is 0 Å². The molecule has 0 saturated heterocycles. The maximum absolute atomic E-state index is 5.31. The average molecular weight is 239 g/mol. The van der Waals surface area contributed by atoms with Crippen LogP contribution in [0.4, 0.5) is 0 Å². The van der Waals surface area contributed by atoms with Crippen molar-refractivity contribution in [1.82, 2.24) is 0 Å². The molecule has 2 nitrogen and oxygen atoms in total. The zero-order chi connectivity index (χ0) is 9.45. The first-order valence-corrected chi connectivity index (χ1v) is 5.53. The van der Waals surface area contributed by atoms with Crippen molar-refractivity contribution in [2.75, 3.05) is 19.5 Å². The monoisotopic (exact) mass is 238 g/mol. The highest BCUT2D eigenvalue weighted by Gasteiger charge is 2.26. The molecule has 0 amide bonds. The van der Waals surface area contributed by atoms with Crippen LogP contribution in [0, 0.1) is 0 Å². The minimum atomic E-state index is -0.408. The van der Waals surface area contributed by atoms with Crippen molar-refractivity contribution in [3.8, 4) is 0 Å². The first kappa shape index (κ1) is 12.4. The number of rotatable bonds is 7. The Balaban J connectivity index is 3.76.